The number of imide groups is 2. The Morgan fingerprint density at radius 2 is 1.73 bits per heavy atom. The van der Waals surface area contributed by atoms with Gasteiger partial charge in [0.15, 0.2) is 9.75 Å². The molecule has 2 aliphatic heterocycles. The zero-order valence-electron chi connectivity index (χ0n) is 21.8. The second-order valence-electron chi connectivity index (χ2n) is 11.1. The summed E-state index contributed by atoms with van der Waals surface area (Å²) in [5.41, 5.74) is 2.41. The normalized spacial score (nSPS) is 33.0. The van der Waals surface area contributed by atoms with Crippen LogP contribution in [0.15, 0.2) is 72.8 Å². The zero-order valence-corrected chi connectivity index (χ0v) is 23.4. The van der Waals surface area contributed by atoms with Gasteiger partial charge in [-0.2, -0.15) is 0 Å². The number of nitrogens with zero attached hydrogens (tertiary/aromatic N) is 2. The van der Waals surface area contributed by atoms with E-state index in [9.17, 15) is 24.3 Å². The first-order valence-electron chi connectivity index (χ1n) is 13.3. The number of amides is 4. The Bertz CT molecular complexity index is 1510. The van der Waals surface area contributed by atoms with E-state index in [1.807, 2.05) is 36.4 Å². The summed E-state index contributed by atoms with van der Waals surface area (Å²) in [6, 6.07) is 14.4. The van der Waals surface area contributed by atoms with Gasteiger partial charge in [0.05, 0.1) is 18.4 Å². The molecule has 40 heavy (non-hydrogen) atoms. The molecule has 6 rings (SSSR count). The van der Waals surface area contributed by atoms with Crippen molar-refractivity contribution in [2.24, 2.45) is 17.8 Å². The van der Waals surface area contributed by atoms with Gasteiger partial charge in [0.2, 0.25) is 11.8 Å². The molecule has 4 amide bonds. The van der Waals surface area contributed by atoms with Gasteiger partial charge in [-0.3, -0.25) is 29.0 Å². The number of fused-ring (bicyclic) bond motifs is 4. The van der Waals surface area contributed by atoms with Gasteiger partial charge >= 0.3 is 0 Å². The first-order valence-corrected chi connectivity index (χ1v) is 14.0. The van der Waals surface area contributed by atoms with Gasteiger partial charge in [-0.25, -0.2) is 0 Å². The molecule has 0 aromatic heterocycles. The van der Waals surface area contributed by atoms with Crippen molar-refractivity contribution >= 4 is 46.8 Å². The molecule has 206 valence electrons. The van der Waals surface area contributed by atoms with Gasteiger partial charge in [0, 0.05) is 18.5 Å². The molecule has 9 heteroatoms. The number of rotatable bonds is 5. The molecule has 0 bridgehead atoms. The number of alkyl halides is 2. The van der Waals surface area contributed by atoms with Crippen LogP contribution in [0.5, 0.6) is 5.75 Å². The average Bonchev–Trinajstić information content (AvgIpc) is 3.26. The molecule has 2 aromatic carbocycles. The lowest BCUT2D eigenvalue weighted by molar-refractivity contribution is -0.141. The Morgan fingerprint density at radius 3 is 2.42 bits per heavy atom. The van der Waals surface area contributed by atoms with E-state index < -0.39 is 45.2 Å². The zero-order chi connectivity index (χ0) is 28.6. The van der Waals surface area contributed by atoms with Crippen LogP contribution in [0.2, 0.25) is 0 Å². The Kier molecular flexibility index (Phi) is 6.24. The van der Waals surface area contributed by atoms with E-state index in [0.717, 1.165) is 10.5 Å². The minimum Gasteiger partial charge on any atom is -0.507 e. The lowest BCUT2D eigenvalue weighted by Crippen LogP contribution is -2.60. The van der Waals surface area contributed by atoms with E-state index in [1.165, 1.54) is 11.9 Å². The highest BCUT2D eigenvalue weighted by atomic mass is 35.5. The maximum absolute atomic E-state index is 13.9. The third-order valence-corrected chi connectivity index (χ3v) is 10.5. The van der Waals surface area contributed by atoms with E-state index in [2.05, 4.69) is 6.58 Å². The van der Waals surface area contributed by atoms with Crippen molar-refractivity contribution in [2.45, 2.75) is 41.5 Å². The second kappa shape index (κ2) is 9.32. The number of likely N-dealkylation sites (tertiary alicyclic amines) is 2. The Labute approximate surface area is 242 Å². The summed E-state index contributed by atoms with van der Waals surface area (Å²) in [5, 5.41) is 11.4. The van der Waals surface area contributed by atoms with Crippen molar-refractivity contribution in [3.05, 3.63) is 89.5 Å². The standard InChI is InChI=1S/C31H28Cl2N2O5/c1-3-8-18-11-7-12-21(25(18)36)24-19-13-14-20-23(27(38)35(26(20)37)16-17-9-5-4-6-10-17)22(19)15-30(32)28(39)34(2)29(40)31(24,30)33/h3-7,9-13,20,22-24,36H,1,8,14-16H2,2H3/t20-,22+,23-,24+,30+,31-/m0/s1. The van der Waals surface area contributed by atoms with Crippen LogP contribution in [0.4, 0.5) is 0 Å². The Morgan fingerprint density at radius 1 is 1.00 bits per heavy atom. The molecule has 1 saturated carbocycles. The van der Waals surface area contributed by atoms with Crippen molar-refractivity contribution in [3.8, 4) is 5.75 Å². The van der Waals surface area contributed by atoms with Gasteiger partial charge < -0.3 is 5.11 Å². The first kappa shape index (κ1) is 26.8. The van der Waals surface area contributed by atoms with Crippen LogP contribution in [0.3, 0.4) is 0 Å². The summed E-state index contributed by atoms with van der Waals surface area (Å²) >= 11 is 14.4. The molecular weight excluding hydrogens is 551 g/mol. The summed E-state index contributed by atoms with van der Waals surface area (Å²) in [4.78, 5) is 53.1. The van der Waals surface area contributed by atoms with Gasteiger partial charge in [-0.1, -0.05) is 66.3 Å². The molecule has 0 radical (unpaired) electrons. The van der Waals surface area contributed by atoms with Gasteiger partial charge in [0.1, 0.15) is 5.75 Å². The number of allylic oxidation sites excluding steroid dienone is 3. The summed E-state index contributed by atoms with van der Waals surface area (Å²) in [7, 11) is 1.34. The quantitative estimate of drug-likeness (QED) is 0.324. The number of hydrogen-bond donors (Lipinski definition) is 1. The molecule has 6 atom stereocenters. The van der Waals surface area contributed by atoms with E-state index in [0.29, 0.717) is 23.1 Å². The Balaban J connectivity index is 1.50. The van der Waals surface area contributed by atoms with E-state index in [-0.39, 0.29) is 37.0 Å². The second-order valence-corrected chi connectivity index (χ2v) is 12.3. The van der Waals surface area contributed by atoms with E-state index in [4.69, 9.17) is 23.2 Å². The highest BCUT2D eigenvalue weighted by Gasteiger charge is 2.76. The van der Waals surface area contributed by atoms with Crippen molar-refractivity contribution < 1.29 is 24.3 Å². The number of halogens is 2. The molecule has 2 aliphatic carbocycles. The molecule has 4 aliphatic rings. The van der Waals surface area contributed by atoms with Crippen LogP contribution in [-0.2, 0) is 32.1 Å². The summed E-state index contributed by atoms with van der Waals surface area (Å²) in [5.74, 6) is -4.97. The Hall–Kier alpha value is -3.42. The molecule has 7 nitrogen and oxygen atoms in total. The SMILES string of the molecule is C=CCc1cccc([C@H]2C3=CC[C@@H]4C(=O)N(Cc5ccccc5)C(=O)[C@@H]4[C@@H]3C[C@@]3(Cl)C(=O)N(C)C(=O)[C@@]23Cl)c1O. The average molecular weight is 579 g/mol. The van der Waals surface area contributed by atoms with E-state index in [1.54, 1.807) is 24.3 Å². The van der Waals surface area contributed by atoms with Crippen molar-refractivity contribution in [2.75, 3.05) is 7.05 Å². The fraction of sp³-hybridized carbons (Fsp3) is 0.355. The van der Waals surface area contributed by atoms with Gasteiger partial charge in [-0.15, -0.1) is 29.8 Å². The largest absolute Gasteiger partial charge is 0.507 e. The van der Waals surface area contributed by atoms with Crippen molar-refractivity contribution in [3.63, 3.8) is 0 Å². The molecule has 3 fully saturated rings. The van der Waals surface area contributed by atoms with Crippen LogP contribution in [-0.4, -0.2) is 55.3 Å². The lowest BCUT2D eigenvalue weighted by atomic mass is 9.56. The van der Waals surface area contributed by atoms with Crippen LogP contribution in [0.1, 0.15) is 35.4 Å². The number of para-hydroxylation sites is 1. The predicted molar refractivity (Wildman–Crippen MR) is 149 cm³/mol. The fourth-order valence-corrected chi connectivity index (χ4v) is 8.25. The number of carbonyl (C=O) groups is 4. The summed E-state index contributed by atoms with van der Waals surface area (Å²) < 4.78 is 0. The number of benzene rings is 2. The summed E-state index contributed by atoms with van der Waals surface area (Å²) in [6.45, 7) is 3.90. The molecule has 0 unspecified atom stereocenters. The minimum atomic E-state index is -1.94. The van der Waals surface area contributed by atoms with E-state index >= 15 is 0 Å². The maximum Gasteiger partial charge on any atom is 0.253 e. The minimum absolute atomic E-state index is 0.0653. The van der Waals surface area contributed by atoms with Crippen LogP contribution in [0.25, 0.3) is 0 Å². The highest BCUT2D eigenvalue weighted by Crippen LogP contribution is 2.66. The number of carbonyl (C=O) groups excluding carboxylic acids is 4. The third kappa shape index (κ3) is 3.43. The topological polar surface area (TPSA) is 95.0 Å². The molecular formula is C31H28Cl2N2O5. The van der Waals surface area contributed by atoms with Gasteiger partial charge in [-0.05, 0) is 36.3 Å². The molecule has 2 heterocycles. The monoisotopic (exact) mass is 578 g/mol. The molecule has 1 N–H and O–H groups in total. The number of phenolic OH excluding ortho intramolecular Hbond substituents is 1. The number of aromatic hydroxyl groups is 1. The number of phenols is 1. The smallest absolute Gasteiger partial charge is 0.253 e. The number of hydrogen-bond acceptors (Lipinski definition) is 5. The molecule has 0 spiro atoms. The predicted octanol–water partition coefficient (Wildman–Crippen LogP) is 4.31. The summed E-state index contributed by atoms with van der Waals surface area (Å²) in [6.07, 6.45) is 4.08. The lowest BCUT2D eigenvalue weighted by Gasteiger charge is -2.50. The van der Waals surface area contributed by atoms with Gasteiger partial charge in [0.25, 0.3) is 11.8 Å². The fourth-order valence-electron chi connectivity index (χ4n) is 7.24. The molecule has 2 aromatic rings. The van der Waals surface area contributed by atoms with Crippen LogP contribution in [0, 0.1) is 17.8 Å². The highest BCUT2D eigenvalue weighted by molar-refractivity contribution is 6.53. The first-order chi connectivity index (χ1) is 19.1. The van der Waals surface area contributed by atoms with Crippen molar-refractivity contribution in [1.29, 1.82) is 0 Å². The maximum atomic E-state index is 13.9. The molecule has 2 saturated heterocycles. The van der Waals surface area contributed by atoms with Crippen LogP contribution < -0.4 is 0 Å². The third-order valence-electron chi connectivity index (χ3n) is 9.12. The van der Waals surface area contributed by atoms with Crippen LogP contribution >= 0.6 is 23.2 Å². The van der Waals surface area contributed by atoms with Crippen molar-refractivity contribution in [1.82, 2.24) is 9.80 Å².